The molecular formula is C22H17Br2FN2O. The number of hydrogen-bond acceptors (Lipinski definition) is 3. The third-order valence-electron chi connectivity index (χ3n) is 4.77. The molecule has 6 heteroatoms. The van der Waals surface area contributed by atoms with Gasteiger partial charge in [-0.25, -0.2) is 4.39 Å². The van der Waals surface area contributed by atoms with Crippen LogP contribution in [0.15, 0.2) is 80.7 Å². The van der Waals surface area contributed by atoms with Gasteiger partial charge in [-0.2, -0.15) is 0 Å². The van der Waals surface area contributed by atoms with E-state index in [0.717, 1.165) is 31.3 Å². The molecule has 1 aliphatic rings. The van der Waals surface area contributed by atoms with Gasteiger partial charge in [0.2, 0.25) is 0 Å². The lowest BCUT2D eigenvalue weighted by molar-refractivity contribution is 0.412. The first-order chi connectivity index (χ1) is 13.5. The first-order valence-electron chi connectivity index (χ1n) is 8.82. The number of phenolic OH excluding ortho intramolecular Hbond substituents is 1. The molecule has 0 aromatic heterocycles. The van der Waals surface area contributed by atoms with Crippen LogP contribution in [-0.2, 0) is 0 Å². The predicted octanol–water partition coefficient (Wildman–Crippen LogP) is 6.28. The summed E-state index contributed by atoms with van der Waals surface area (Å²) in [5.41, 5.74) is 3.63. The van der Waals surface area contributed by atoms with Crippen molar-refractivity contribution in [2.24, 2.45) is 4.99 Å². The summed E-state index contributed by atoms with van der Waals surface area (Å²) < 4.78 is 15.3. The minimum absolute atomic E-state index is 0.135. The van der Waals surface area contributed by atoms with Crippen LogP contribution in [0.5, 0.6) is 5.75 Å². The number of aliphatic imine (C=N–C) groups is 1. The maximum absolute atomic E-state index is 13.4. The van der Waals surface area contributed by atoms with Crippen molar-refractivity contribution in [1.82, 2.24) is 5.32 Å². The second kappa shape index (κ2) is 8.15. The van der Waals surface area contributed by atoms with E-state index >= 15 is 0 Å². The molecule has 2 N–H and O–H groups in total. The summed E-state index contributed by atoms with van der Waals surface area (Å²) in [6, 6.07) is 19.6. The van der Waals surface area contributed by atoms with Gasteiger partial charge in [-0.05, 0) is 53.6 Å². The fourth-order valence-corrected chi connectivity index (χ4v) is 3.99. The molecule has 0 amide bonds. The summed E-state index contributed by atoms with van der Waals surface area (Å²) >= 11 is 6.95. The standard InChI is InChI=1S/C22H17Br2FN2O/c23-15-5-1-13(2-6-15)19-12-20(18-11-16(24)7-10-21(18)28)27-22(26-19)14-3-8-17(25)9-4-14/h1-11,20,22,27-28H,12H2/t20-,22-/m1/s1. The molecule has 0 unspecified atom stereocenters. The first kappa shape index (κ1) is 19.3. The summed E-state index contributed by atoms with van der Waals surface area (Å²) in [6.45, 7) is 0. The van der Waals surface area contributed by atoms with Crippen LogP contribution in [-0.4, -0.2) is 10.8 Å². The zero-order valence-corrected chi connectivity index (χ0v) is 17.9. The lowest BCUT2D eigenvalue weighted by Gasteiger charge is -2.31. The molecule has 3 aromatic carbocycles. The number of halogens is 3. The van der Waals surface area contributed by atoms with Crippen LogP contribution in [0.3, 0.4) is 0 Å². The average molecular weight is 504 g/mol. The van der Waals surface area contributed by atoms with Crippen molar-refractivity contribution in [2.45, 2.75) is 18.6 Å². The molecule has 28 heavy (non-hydrogen) atoms. The van der Waals surface area contributed by atoms with Gasteiger partial charge >= 0.3 is 0 Å². The van der Waals surface area contributed by atoms with Gasteiger partial charge < -0.3 is 5.11 Å². The fraction of sp³-hybridized carbons (Fsp3) is 0.136. The van der Waals surface area contributed by atoms with Crippen molar-refractivity contribution >= 4 is 37.6 Å². The van der Waals surface area contributed by atoms with Crippen LogP contribution in [0.1, 0.15) is 35.3 Å². The highest BCUT2D eigenvalue weighted by Gasteiger charge is 2.27. The highest BCUT2D eigenvalue weighted by Crippen LogP contribution is 2.36. The summed E-state index contributed by atoms with van der Waals surface area (Å²) in [7, 11) is 0. The number of hydrogen-bond donors (Lipinski definition) is 2. The van der Waals surface area contributed by atoms with Crippen molar-refractivity contribution < 1.29 is 9.50 Å². The maximum Gasteiger partial charge on any atom is 0.126 e. The molecule has 2 atom stereocenters. The highest BCUT2D eigenvalue weighted by atomic mass is 79.9. The molecule has 3 nitrogen and oxygen atoms in total. The largest absolute Gasteiger partial charge is 0.508 e. The molecule has 0 saturated heterocycles. The Morgan fingerprint density at radius 3 is 2.32 bits per heavy atom. The van der Waals surface area contributed by atoms with Gasteiger partial charge in [-0.1, -0.05) is 56.1 Å². The van der Waals surface area contributed by atoms with Gasteiger partial charge in [-0.15, -0.1) is 0 Å². The summed E-state index contributed by atoms with van der Waals surface area (Å²) in [4.78, 5) is 4.88. The number of rotatable bonds is 3. The van der Waals surface area contributed by atoms with Crippen LogP contribution >= 0.6 is 31.9 Å². The van der Waals surface area contributed by atoms with Gasteiger partial charge in [0.25, 0.3) is 0 Å². The quantitative estimate of drug-likeness (QED) is 0.441. The molecule has 0 saturated carbocycles. The van der Waals surface area contributed by atoms with Gasteiger partial charge in [0, 0.05) is 32.7 Å². The smallest absolute Gasteiger partial charge is 0.126 e. The Labute approximate surface area is 179 Å². The zero-order chi connectivity index (χ0) is 19.7. The van der Waals surface area contributed by atoms with Crippen molar-refractivity contribution in [3.63, 3.8) is 0 Å². The normalized spacial score (nSPS) is 19.3. The van der Waals surface area contributed by atoms with Gasteiger partial charge in [-0.3, -0.25) is 10.3 Å². The number of aromatic hydroxyl groups is 1. The van der Waals surface area contributed by atoms with Crippen LogP contribution < -0.4 is 5.32 Å². The molecule has 1 aliphatic heterocycles. The Balaban J connectivity index is 1.76. The fourth-order valence-electron chi connectivity index (χ4n) is 3.34. The van der Waals surface area contributed by atoms with Crippen molar-refractivity contribution in [2.75, 3.05) is 0 Å². The van der Waals surface area contributed by atoms with Crippen molar-refractivity contribution in [3.8, 4) is 5.75 Å². The van der Waals surface area contributed by atoms with E-state index in [-0.39, 0.29) is 23.8 Å². The van der Waals surface area contributed by atoms with E-state index in [9.17, 15) is 9.50 Å². The predicted molar refractivity (Wildman–Crippen MR) is 116 cm³/mol. The Kier molecular flexibility index (Phi) is 5.62. The zero-order valence-electron chi connectivity index (χ0n) is 14.7. The molecule has 0 spiro atoms. The number of nitrogens with one attached hydrogen (secondary N) is 1. The van der Waals surface area contributed by atoms with E-state index in [0.29, 0.717) is 6.42 Å². The summed E-state index contributed by atoms with van der Waals surface area (Å²) in [6.07, 6.45) is 0.292. The molecule has 0 aliphatic carbocycles. The van der Waals surface area contributed by atoms with Crippen molar-refractivity contribution in [1.29, 1.82) is 0 Å². The Bertz CT molecular complexity index is 1020. The van der Waals surface area contributed by atoms with E-state index < -0.39 is 0 Å². The van der Waals surface area contributed by atoms with E-state index in [1.807, 2.05) is 36.4 Å². The van der Waals surface area contributed by atoms with Gasteiger partial charge in [0.1, 0.15) is 17.7 Å². The monoisotopic (exact) mass is 502 g/mol. The number of nitrogens with zero attached hydrogens (tertiary/aromatic N) is 1. The third kappa shape index (κ3) is 4.19. The van der Waals surface area contributed by atoms with Crippen LogP contribution in [0.25, 0.3) is 0 Å². The van der Waals surface area contributed by atoms with Crippen LogP contribution in [0.2, 0.25) is 0 Å². The molecule has 4 rings (SSSR count). The average Bonchev–Trinajstić information content (AvgIpc) is 2.70. The Morgan fingerprint density at radius 2 is 1.61 bits per heavy atom. The highest BCUT2D eigenvalue weighted by molar-refractivity contribution is 9.10. The second-order valence-corrected chi connectivity index (χ2v) is 8.49. The molecule has 142 valence electrons. The molecule has 1 heterocycles. The van der Waals surface area contributed by atoms with E-state index in [4.69, 9.17) is 4.99 Å². The van der Waals surface area contributed by atoms with Crippen LogP contribution in [0.4, 0.5) is 4.39 Å². The van der Waals surface area contributed by atoms with E-state index in [1.165, 1.54) is 12.1 Å². The number of benzene rings is 3. The van der Waals surface area contributed by atoms with Crippen LogP contribution in [0, 0.1) is 5.82 Å². The van der Waals surface area contributed by atoms with E-state index in [2.05, 4.69) is 37.2 Å². The number of phenols is 1. The molecule has 3 aromatic rings. The summed E-state index contributed by atoms with van der Waals surface area (Å²) in [5.74, 6) is -0.0477. The molecule has 0 bridgehead atoms. The molecule has 0 radical (unpaired) electrons. The Hall–Kier alpha value is -2.02. The van der Waals surface area contributed by atoms with Crippen molar-refractivity contribution in [3.05, 3.63) is 98.2 Å². The third-order valence-corrected chi connectivity index (χ3v) is 5.79. The minimum atomic E-state index is -0.337. The first-order valence-corrected chi connectivity index (χ1v) is 10.4. The Morgan fingerprint density at radius 1 is 0.929 bits per heavy atom. The minimum Gasteiger partial charge on any atom is -0.508 e. The second-order valence-electron chi connectivity index (χ2n) is 6.66. The SMILES string of the molecule is Oc1ccc(Br)cc1[C@H]1CC(c2ccc(Br)cc2)=N[C@@H](c2ccc(F)cc2)N1. The lowest BCUT2D eigenvalue weighted by Crippen LogP contribution is -2.33. The van der Waals surface area contributed by atoms with Gasteiger partial charge in [0.15, 0.2) is 0 Å². The maximum atomic E-state index is 13.4. The topological polar surface area (TPSA) is 44.6 Å². The summed E-state index contributed by atoms with van der Waals surface area (Å²) in [5, 5.41) is 13.9. The van der Waals surface area contributed by atoms with Gasteiger partial charge in [0.05, 0.1) is 0 Å². The van der Waals surface area contributed by atoms with E-state index in [1.54, 1.807) is 18.2 Å². The lowest BCUT2D eigenvalue weighted by atomic mass is 9.93. The molecule has 0 fully saturated rings. The molecular weight excluding hydrogens is 487 g/mol.